The number of rotatable bonds is 7. The van der Waals surface area contributed by atoms with Gasteiger partial charge in [-0.2, -0.15) is 4.31 Å². The maximum absolute atomic E-state index is 12.8. The Hall–Kier alpha value is -2.48. The summed E-state index contributed by atoms with van der Waals surface area (Å²) in [6.07, 6.45) is 1.53. The summed E-state index contributed by atoms with van der Waals surface area (Å²) in [5, 5.41) is 9.77. The summed E-state index contributed by atoms with van der Waals surface area (Å²) in [6.45, 7) is 3.58. The molecule has 0 saturated heterocycles. The zero-order valence-electron chi connectivity index (χ0n) is 15.5. The monoisotopic (exact) mass is 417 g/mol. The standard InChI is InChI=1S/C20H20ClN3O3S/c1-15(2)24(28(25,26)13-12-16-8-10-18(21)11-9-16)14-19-22-23-20(27-19)17-6-4-3-5-7-17/h3-13,15H,14H2,1-2H3/b13-12+. The molecule has 0 spiro atoms. The number of hydrogen-bond donors (Lipinski definition) is 0. The molecule has 0 bridgehead atoms. The first-order valence-corrected chi connectivity index (χ1v) is 10.6. The summed E-state index contributed by atoms with van der Waals surface area (Å²) in [5.41, 5.74) is 1.52. The predicted octanol–water partition coefficient (Wildman–Crippen LogP) is 4.60. The van der Waals surface area contributed by atoms with Gasteiger partial charge in [-0.05, 0) is 49.8 Å². The third-order valence-electron chi connectivity index (χ3n) is 3.98. The van der Waals surface area contributed by atoms with Crippen LogP contribution in [0.2, 0.25) is 5.02 Å². The van der Waals surface area contributed by atoms with E-state index in [0.717, 1.165) is 11.1 Å². The fraction of sp³-hybridized carbons (Fsp3) is 0.200. The fourth-order valence-corrected chi connectivity index (χ4v) is 4.02. The zero-order chi connectivity index (χ0) is 20.1. The van der Waals surface area contributed by atoms with E-state index in [1.165, 1.54) is 15.8 Å². The number of sulfonamides is 1. The topological polar surface area (TPSA) is 76.3 Å². The van der Waals surface area contributed by atoms with Gasteiger partial charge in [-0.3, -0.25) is 0 Å². The van der Waals surface area contributed by atoms with Crippen LogP contribution in [-0.4, -0.2) is 29.0 Å². The first kappa shape index (κ1) is 20.3. The lowest BCUT2D eigenvalue weighted by Crippen LogP contribution is -2.35. The number of aromatic nitrogens is 2. The van der Waals surface area contributed by atoms with Crippen LogP contribution in [0.4, 0.5) is 0 Å². The van der Waals surface area contributed by atoms with Crippen molar-refractivity contribution in [2.24, 2.45) is 0 Å². The molecule has 28 heavy (non-hydrogen) atoms. The molecule has 1 aromatic heterocycles. The highest BCUT2D eigenvalue weighted by atomic mass is 35.5. The number of halogens is 1. The van der Waals surface area contributed by atoms with Gasteiger partial charge in [0.2, 0.25) is 21.8 Å². The smallest absolute Gasteiger partial charge is 0.247 e. The second kappa shape index (κ2) is 8.68. The molecule has 0 radical (unpaired) electrons. The molecular formula is C20H20ClN3O3S. The van der Waals surface area contributed by atoms with Crippen molar-refractivity contribution >= 4 is 27.7 Å². The van der Waals surface area contributed by atoms with Gasteiger partial charge in [0.25, 0.3) is 0 Å². The van der Waals surface area contributed by atoms with Crippen molar-refractivity contribution in [3.8, 4) is 11.5 Å². The van der Waals surface area contributed by atoms with Crippen molar-refractivity contribution in [1.29, 1.82) is 0 Å². The van der Waals surface area contributed by atoms with E-state index in [2.05, 4.69) is 10.2 Å². The minimum absolute atomic E-state index is 0.00914. The first-order valence-electron chi connectivity index (χ1n) is 8.68. The molecule has 8 heteroatoms. The SMILES string of the molecule is CC(C)N(Cc1nnc(-c2ccccc2)o1)S(=O)(=O)/C=C/c1ccc(Cl)cc1. The molecule has 0 saturated carbocycles. The maximum Gasteiger partial charge on any atom is 0.247 e. The molecular weight excluding hydrogens is 398 g/mol. The molecule has 6 nitrogen and oxygen atoms in total. The van der Waals surface area contributed by atoms with E-state index in [1.54, 1.807) is 38.1 Å². The predicted molar refractivity (Wildman–Crippen MR) is 110 cm³/mol. The largest absolute Gasteiger partial charge is 0.419 e. The maximum atomic E-state index is 12.8. The highest BCUT2D eigenvalue weighted by Gasteiger charge is 2.25. The van der Waals surface area contributed by atoms with Crippen LogP contribution in [-0.2, 0) is 16.6 Å². The Balaban J connectivity index is 1.79. The Morgan fingerprint density at radius 2 is 1.75 bits per heavy atom. The molecule has 3 aromatic rings. The molecule has 146 valence electrons. The summed E-state index contributed by atoms with van der Waals surface area (Å²) < 4.78 is 32.6. The second-order valence-corrected chi connectivity index (χ2v) is 8.61. The van der Waals surface area contributed by atoms with Crippen molar-refractivity contribution in [2.75, 3.05) is 0 Å². The molecule has 0 atom stereocenters. The Bertz CT molecular complexity index is 1050. The summed E-state index contributed by atoms with van der Waals surface area (Å²) in [5.74, 6) is 0.587. The average molecular weight is 418 g/mol. The van der Waals surface area contributed by atoms with Gasteiger partial charge in [0.05, 0.1) is 6.54 Å². The van der Waals surface area contributed by atoms with Crippen LogP contribution in [0.5, 0.6) is 0 Å². The van der Waals surface area contributed by atoms with Crippen molar-refractivity contribution in [3.63, 3.8) is 0 Å². The van der Waals surface area contributed by atoms with Gasteiger partial charge >= 0.3 is 0 Å². The van der Waals surface area contributed by atoms with Gasteiger partial charge in [-0.25, -0.2) is 8.42 Å². The summed E-state index contributed by atoms with van der Waals surface area (Å²) >= 11 is 5.86. The number of hydrogen-bond acceptors (Lipinski definition) is 5. The van der Waals surface area contributed by atoms with Crippen molar-refractivity contribution < 1.29 is 12.8 Å². The average Bonchev–Trinajstić information content (AvgIpc) is 3.15. The normalized spacial score (nSPS) is 12.3. The lowest BCUT2D eigenvalue weighted by atomic mass is 10.2. The number of nitrogens with zero attached hydrogens (tertiary/aromatic N) is 3. The van der Waals surface area contributed by atoms with Crippen LogP contribution in [0.3, 0.4) is 0 Å². The first-order chi connectivity index (χ1) is 13.3. The minimum Gasteiger partial charge on any atom is -0.419 e. The van der Waals surface area contributed by atoms with Crippen LogP contribution < -0.4 is 0 Å². The summed E-state index contributed by atoms with van der Waals surface area (Å²) in [6, 6.07) is 15.9. The zero-order valence-corrected chi connectivity index (χ0v) is 17.1. The van der Waals surface area contributed by atoms with E-state index in [4.69, 9.17) is 16.0 Å². The molecule has 0 unspecified atom stereocenters. The van der Waals surface area contributed by atoms with Gasteiger partial charge in [0.15, 0.2) is 0 Å². The van der Waals surface area contributed by atoms with E-state index >= 15 is 0 Å². The van der Waals surface area contributed by atoms with Gasteiger partial charge in [0, 0.05) is 22.0 Å². The van der Waals surface area contributed by atoms with Crippen LogP contribution in [0.25, 0.3) is 17.5 Å². The third-order valence-corrected chi connectivity index (χ3v) is 5.92. The third kappa shape index (κ3) is 5.07. The summed E-state index contributed by atoms with van der Waals surface area (Å²) in [7, 11) is -3.69. The van der Waals surface area contributed by atoms with Crippen LogP contribution in [0.1, 0.15) is 25.3 Å². The lowest BCUT2D eigenvalue weighted by molar-refractivity contribution is 0.316. The van der Waals surface area contributed by atoms with Crippen molar-refractivity contribution in [1.82, 2.24) is 14.5 Å². The van der Waals surface area contributed by atoms with E-state index in [9.17, 15) is 8.42 Å². The Morgan fingerprint density at radius 3 is 2.39 bits per heavy atom. The molecule has 0 fully saturated rings. The molecule has 0 N–H and O–H groups in total. The van der Waals surface area contributed by atoms with Crippen molar-refractivity contribution in [3.05, 3.63) is 76.5 Å². The van der Waals surface area contributed by atoms with Crippen molar-refractivity contribution in [2.45, 2.75) is 26.4 Å². The Labute approximate surface area is 169 Å². The van der Waals surface area contributed by atoms with Crippen LogP contribution in [0, 0.1) is 0 Å². The van der Waals surface area contributed by atoms with Gasteiger partial charge < -0.3 is 4.42 Å². The lowest BCUT2D eigenvalue weighted by Gasteiger charge is -2.22. The Kier molecular flexibility index (Phi) is 6.28. The quantitative estimate of drug-likeness (QED) is 0.561. The summed E-state index contributed by atoms with van der Waals surface area (Å²) in [4.78, 5) is 0. The Morgan fingerprint density at radius 1 is 1.07 bits per heavy atom. The molecule has 0 aliphatic rings. The molecule has 0 amide bonds. The highest BCUT2D eigenvalue weighted by molar-refractivity contribution is 7.92. The highest BCUT2D eigenvalue weighted by Crippen LogP contribution is 2.20. The van der Waals surface area contributed by atoms with Crippen LogP contribution in [0.15, 0.2) is 64.4 Å². The van der Waals surface area contributed by atoms with Gasteiger partial charge in [-0.15, -0.1) is 10.2 Å². The molecule has 0 aliphatic carbocycles. The van der Waals surface area contributed by atoms with Gasteiger partial charge in [0.1, 0.15) is 0 Å². The van der Waals surface area contributed by atoms with E-state index in [1.807, 2.05) is 30.3 Å². The fourth-order valence-electron chi connectivity index (χ4n) is 2.53. The van der Waals surface area contributed by atoms with E-state index in [0.29, 0.717) is 10.9 Å². The number of benzene rings is 2. The molecule has 0 aliphatic heterocycles. The van der Waals surface area contributed by atoms with E-state index < -0.39 is 10.0 Å². The molecule has 2 aromatic carbocycles. The van der Waals surface area contributed by atoms with Crippen LogP contribution >= 0.6 is 11.6 Å². The second-order valence-electron chi connectivity index (χ2n) is 6.41. The minimum atomic E-state index is -3.69. The van der Waals surface area contributed by atoms with E-state index in [-0.39, 0.29) is 18.5 Å². The molecule has 1 heterocycles. The molecule has 3 rings (SSSR count). The van der Waals surface area contributed by atoms with Gasteiger partial charge in [-0.1, -0.05) is 41.9 Å².